The first-order chi connectivity index (χ1) is 11.6. The van der Waals surface area contributed by atoms with E-state index in [9.17, 15) is 9.59 Å². The lowest BCUT2D eigenvalue weighted by Crippen LogP contribution is -2.41. The summed E-state index contributed by atoms with van der Waals surface area (Å²) in [4.78, 5) is 25.9. The predicted molar refractivity (Wildman–Crippen MR) is 88.1 cm³/mol. The van der Waals surface area contributed by atoms with Crippen molar-refractivity contribution in [2.45, 2.75) is 38.2 Å². The summed E-state index contributed by atoms with van der Waals surface area (Å²) in [5.74, 6) is 0.299. The van der Waals surface area contributed by atoms with Crippen molar-refractivity contribution in [3.63, 3.8) is 0 Å². The maximum Gasteiger partial charge on any atom is 0.415 e. The number of ether oxygens (including phenoxy) is 3. The molecule has 0 bridgehead atoms. The van der Waals surface area contributed by atoms with Crippen molar-refractivity contribution in [2.75, 3.05) is 25.2 Å². The molecule has 1 aromatic carbocycles. The van der Waals surface area contributed by atoms with Crippen LogP contribution in [0.15, 0.2) is 24.3 Å². The number of rotatable bonds is 4. The Kier molecular flexibility index (Phi) is 4.64. The summed E-state index contributed by atoms with van der Waals surface area (Å²) in [6.45, 7) is 2.94. The third kappa shape index (κ3) is 3.18. The second-order valence-corrected chi connectivity index (χ2v) is 6.38. The molecule has 0 N–H and O–H groups in total. The van der Waals surface area contributed by atoms with Crippen LogP contribution >= 0.6 is 0 Å². The Morgan fingerprint density at radius 1 is 1.46 bits per heavy atom. The molecule has 1 aliphatic heterocycles. The molecular weight excluding hydrogens is 310 g/mol. The minimum atomic E-state index is -0.601. The number of carbonyl (C=O) groups excluding carboxylic acids is 2. The smallest absolute Gasteiger partial charge is 0.415 e. The summed E-state index contributed by atoms with van der Waals surface area (Å²) in [6, 6.07) is 7.42. The standard InChI is InChI=1S/C18H23NO5/c1-3-23-15-8-4-7-14(10-15)19-12-18(24-17(19)21)9-5-6-13(11-18)16(20)22-2/h4,7-8,10,13H,3,5-6,9,11-12H2,1-2H3/t13-,18-/m0/s1. The van der Waals surface area contributed by atoms with Gasteiger partial charge in [-0.25, -0.2) is 4.79 Å². The fourth-order valence-electron chi connectivity index (χ4n) is 3.66. The number of hydrogen-bond donors (Lipinski definition) is 0. The molecule has 0 unspecified atom stereocenters. The van der Waals surface area contributed by atoms with Crippen LogP contribution in [0.25, 0.3) is 0 Å². The minimum absolute atomic E-state index is 0.203. The quantitative estimate of drug-likeness (QED) is 0.792. The van der Waals surface area contributed by atoms with Crippen molar-refractivity contribution in [2.24, 2.45) is 5.92 Å². The molecule has 24 heavy (non-hydrogen) atoms. The zero-order valence-corrected chi connectivity index (χ0v) is 14.1. The van der Waals surface area contributed by atoms with Gasteiger partial charge in [0.15, 0.2) is 0 Å². The van der Waals surface area contributed by atoms with Gasteiger partial charge in [-0.2, -0.15) is 0 Å². The number of methoxy groups -OCH3 is 1. The van der Waals surface area contributed by atoms with E-state index < -0.39 is 5.60 Å². The second kappa shape index (κ2) is 6.71. The van der Waals surface area contributed by atoms with Crippen molar-refractivity contribution in [1.82, 2.24) is 0 Å². The zero-order chi connectivity index (χ0) is 17.2. The van der Waals surface area contributed by atoms with Crippen LogP contribution in [0.4, 0.5) is 10.5 Å². The summed E-state index contributed by atoms with van der Waals surface area (Å²) in [5, 5.41) is 0. The first-order valence-electron chi connectivity index (χ1n) is 8.38. The average Bonchev–Trinajstić information content (AvgIpc) is 2.90. The Balaban J connectivity index is 1.78. The summed E-state index contributed by atoms with van der Waals surface area (Å²) < 4.78 is 16.1. The molecule has 1 saturated carbocycles. The highest BCUT2D eigenvalue weighted by molar-refractivity contribution is 5.90. The lowest BCUT2D eigenvalue weighted by molar-refractivity contribution is -0.149. The predicted octanol–water partition coefficient (Wildman–Crippen LogP) is 3.14. The fourth-order valence-corrected chi connectivity index (χ4v) is 3.66. The monoisotopic (exact) mass is 333 g/mol. The minimum Gasteiger partial charge on any atom is -0.494 e. The van der Waals surface area contributed by atoms with Gasteiger partial charge < -0.3 is 14.2 Å². The summed E-state index contributed by atoms with van der Waals surface area (Å²) in [5.41, 5.74) is 0.151. The van der Waals surface area contributed by atoms with Crippen molar-refractivity contribution in [3.05, 3.63) is 24.3 Å². The lowest BCUT2D eigenvalue weighted by Gasteiger charge is -2.34. The zero-order valence-electron chi connectivity index (χ0n) is 14.1. The molecule has 1 aliphatic carbocycles. The largest absolute Gasteiger partial charge is 0.494 e. The molecule has 2 aliphatic rings. The second-order valence-electron chi connectivity index (χ2n) is 6.38. The molecule has 0 aromatic heterocycles. The molecule has 1 spiro atoms. The summed E-state index contributed by atoms with van der Waals surface area (Å²) in [7, 11) is 1.40. The van der Waals surface area contributed by atoms with Gasteiger partial charge in [0, 0.05) is 12.5 Å². The third-order valence-electron chi connectivity index (χ3n) is 4.75. The number of esters is 1. The number of hydrogen-bond acceptors (Lipinski definition) is 5. The molecule has 1 heterocycles. The van der Waals surface area contributed by atoms with Crippen LogP contribution in [0.2, 0.25) is 0 Å². The van der Waals surface area contributed by atoms with E-state index in [0.717, 1.165) is 30.7 Å². The van der Waals surface area contributed by atoms with Gasteiger partial charge in [-0.1, -0.05) is 6.07 Å². The van der Waals surface area contributed by atoms with Gasteiger partial charge in [-0.15, -0.1) is 0 Å². The Hall–Kier alpha value is -2.24. The molecule has 2 atom stereocenters. The van der Waals surface area contributed by atoms with Crippen molar-refractivity contribution in [3.8, 4) is 5.75 Å². The van der Waals surface area contributed by atoms with E-state index in [1.807, 2.05) is 31.2 Å². The van der Waals surface area contributed by atoms with Crippen molar-refractivity contribution < 1.29 is 23.8 Å². The van der Waals surface area contributed by atoms with Crippen molar-refractivity contribution in [1.29, 1.82) is 0 Å². The Morgan fingerprint density at radius 2 is 2.29 bits per heavy atom. The molecule has 0 radical (unpaired) electrons. The Bertz CT molecular complexity index is 632. The highest BCUT2D eigenvalue weighted by atomic mass is 16.6. The maximum atomic E-state index is 12.4. The molecular formula is C18H23NO5. The van der Waals surface area contributed by atoms with Crippen LogP contribution in [0.5, 0.6) is 5.75 Å². The van der Waals surface area contributed by atoms with Crippen LogP contribution in [-0.4, -0.2) is 37.9 Å². The normalized spacial score (nSPS) is 26.3. The molecule has 6 heteroatoms. The Labute approximate surface area is 141 Å². The molecule has 2 fully saturated rings. The number of anilines is 1. The molecule has 3 rings (SSSR count). The van der Waals surface area contributed by atoms with E-state index in [1.165, 1.54) is 7.11 Å². The van der Waals surface area contributed by atoms with Crippen LogP contribution in [0.3, 0.4) is 0 Å². The molecule has 6 nitrogen and oxygen atoms in total. The topological polar surface area (TPSA) is 65.1 Å². The van der Waals surface area contributed by atoms with Gasteiger partial charge in [0.1, 0.15) is 11.4 Å². The van der Waals surface area contributed by atoms with Crippen LogP contribution in [0, 0.1) is 5.92 Å². The maximum absolute atomic E-state index is 12.4. The van der Waals surface area contributed by atoms with Gasteiger partial charge in [0.2, 0.25) is 0 Å². The van der Waals surface area contributed by atoms with E-state index in [2.05, 4.69) is 0 Å². The summed E-state index contributed by atoms with van der Waals surface area (Å²) in [6.07, 6.45) is 2.56. The Morgan fingerprint density at radius 3 is 3.04 bits per heavy atom. The number of benzene rings is 1. The van der Waals surface area contributed by atoms with Crippen LogP contribution in [-0.2, 0) is 14.3 Å². The van der Waals surface area contributed by atoms with Gasteiger partial charge in [-0.05, 0) is 38.3 Å². The number of carbonyl (C=O) groups is 2. The van der Waals surface area contributed by atoms with E-state index in [4.69, 9.17) is 14.2 Å². The fraction of sp³-hybridized carbons (Fsp3) is 0.556. The van der Waals surface area contributed by atoms with E-state index in [1.54, 1.807) is 4.90 Å². The lowest BCUT2D eigenvalue weighted by atomic mass is 9.78. The van der Waals surface area contributed by atoms with Crippen LogP contribution in [0.1, 0.15) is 32.6 Å². The molecule has 130 valence electrons. The van der Waals surface area contributed by atoms with Gasteiger partial charge in [0.25, 0.3) is 0 Å². The van der Waals surface area contributed by atoms with E-state index in [0.29, 0.717) is 19.6 Å². The van der Waals surface area contributed by atoms with Gasteiger partial charge in [0.05, 0.1) is 31.9 Å². The SMILES string of the molecule is CCOc1cccc(N2C[C@@]3(CCC[C@H](C(=O)OC)C3)OC2=O)c1. The molecule has 1 saturated heterocycles. The first-order valence-corrected chi connectivity index (χ1v) is 8.38. The van der Waals surface area contributed by atoms with E-state index in [-0.39, 0.29) is 18.0 Å². The number of nitrogens with zero attached hydrogens (tertiary/aromatic N) is 1. The van der Waals surface area contributed by atoms with E-state index >= 15 is 0 Å². The van der Waals surface area contributed by atoms with Crippen molar-refractivity contribution >= 4 is 17.7 Å². The average molecular weight is 333 g/mol. The van der Waals surface area contributed by atoms with Gasteiger partial charge in [-0.3, -0.25) is 9.69 Å². The van der Waals surface area contributed by atoms with Gasteiger partial charge >= 0.3 is 12.1 Å². The van der Waals surface area contributed by atoms with Crippen LogP contribution < -0.4 is 9.64 Å². The first kappa shape index (κ1) is 16.6. The number of amides is 1. The highest BCUT2D eigenvalue weighted by Crippen LogP contribution is 2.41. The molecule has 1 amide bonds. The summed E-state index contributed by atoms with van der Waals surface area (Å²) >= 11 is 0. The molecule has 1 aromatic rings. The highest BCUT2D eigenvalue weighted by Gasteiger charge is 2.49. The third-order valence-corrected chi connectivity index (χ3v) is 4.75.